The van der Waals surface area contributed by atoms with E-state index in [1.165, 1.54) is 18.4 Å². The summed E-state index contributed by atoms with van der Waals surface area (Å²) in [6, 6.07) is 8.66. The Bertz CT molecular complexity index is 784. The number of carbonyl (C=O) groups is 1. The fourth-order valence-corrected chi connectivity index (χ4v) is 3.83. The van der Waals surface area contributed by atoms with Gasteiger partial charge in [0.1, 0.15) is 5.82 Å². The van der Waals surface area contributed by atoms with E-state index < -0.39 is 0 Å². The molecule has 5 rings (SSSR count). The largest absolute Gasteiger partial charge is 0.367 e. The third-order valence-electron chi connectivity index (χ3n) is 5.44. The summed E-state index contributed by atoms with van der Waals surface area (Å²) in [6.07, 6.45) is 7.66. The molecule has 0 radical (unpaired) electrons. The number of carbonyl (C=O) groups excluding carboxylic acids is 1. The fraction of sp³-hybridized carbons (Fsp3) is 0.450. The van der Waals surface area contributed by atoms with Gasteiger partial charge in [-0.3, -0.25) is 4.79 Å². The van der Waals surface area contributed by atoms with Crippen molar-refractivity contribution >= 4 is 5.78 Å². The lowest BCUT2D eigenvalue weighted by atomic mass is 9.99. The van der Waals surface area contributed by atoms with Crippen molar-refractivity contribution in [2.24, 2.45) is 0 Å². The van der Waals surface area contributed by atoms with Gasteiger partial charge in [-0.2, -0.15) is 0 Å². The smallest absolute Gasteiger partial charge is 0.170 e. The van der Waals surface area contributed by atoms with Crippen molar-refractivity contribution in [3.63, 3.8) is 0 Å². The summed E-state index contributed by atoms with van der Waals surface area (Å²) < 4.78 is 6.03. The third-order valence-corrected chi connectivity index (χ3v) is 5.44. The van der Waals surface area contributed by atoms with E-state index in [0.717, 1.165) is 24.4 Å². The molecule has 1 saturated carbocycles. The molecule has 2 aromatic rings. The molecule has 1 aliphatic carbocycles. The van der Waals surface area contributed by atoms with E-state index in [2.05, 4.69) is 27.4 Å². The highest BCUT2D eigenvalue weighted by Crippen LogP contribution is 2.38. The molecule has 0 amide bonds. The lowest BCUT2D eigenvalue weighted by Crippen LogP contribution is -2.33. The maximum Gasteiger partial charge on any atom is 0.170 e. The Balaban J connectivity index is 1.25. The molecule has 5 nitrogen and oxygen atoms in total. The van der Waals surface area contributed by atoms with Gasteiger partial charge in [0.2, 0.25) is 0 Å². The SMILES string of the molecule is O=C(Cc1ccc([C@H]2O[C@@H]3CN[C@H]2C3)cc1)c1cnc(C2CC2)nc1. The minimum atomic E-state index is 0.0629. The highest BCUT2D eigenvalue weighted by Gasteiger charge is 2.41. The van der Waals surface area contributed by atoms with E-state index in [1.54, 1.807) is 12.4 Å². The molecular formula is C20H21N3O2. The highest BCUT2D eigenvalue weighted by molar-refractivity contribution is 5.96. The van der Waals surface area contributed by atoms with Gasteiger partial charge in [-0.15, -0.1) is 0 Å². The van der Waals surface area contributed by atoms with Crippen molar-refractivity contribution in [3.05, 3.63) is 59.2 Å². The fourth-order valence-electron chi connectivity index (χ4n) is 3.83. The Kier molecular flexibility index (Phi) is 3.64. The van der Waals surface area contributed by atoms with Crippen LogP contribution in [0.3, 0.4) is 0 Å². The van der Waals surface area contributed by atoms with Crippen molar-refractivity contribution in [1.29, 1.82) is 0 Å². The summed E-state index contributed by atoms with van der Waals surface area (Å²) in [5.41, 5.74) is 2.79. The normalized spacial score (nSPS) is 27.6. The maximum absolute atomic E-state index is 12.4. The minimum absolute atomic E-state index is 0.0629. The van der Waals surface area contributed by atoms with Crippen LogP contribution in [0.4, 0.5) is 0 Å². The van der Waals surface area contributed by atoms with Crippen LogP contribution in [-0.4, -0.2) is 34.4 Å². The molecule has 128 valence electrons. The van der Waals surface area contributed by atoms with Gasteiger partial charge in [0.25, 0.3) is 0 Å². The lowest BCUT2D eigenvalue weighted by Gasteiger charge is -2.23. The number of aromatic nitrogens is 2. The van der Waals surface area contributed by atoms with Gasteiger partial charge in [0.05, 0.1) is 17.8 Å². The quantitative estimate of drug-likeness (QED) is 0.851. The summed E-state index contributed by atoms with van der Waals surface area (Å²) >= 11 is 0. The first-order valence-corrected chi connectivity index (χ1v) is 9.09. The van der Waals surface area contributed by atoms with Crippen molar-refractivity contribution in [2.45, 2.75) is 49.9 Å². The second-order valence-corrected chi connectivity index (χ2v) is 7.37. The number of fused-ring (bicyclic) bond motifs is 2. The number of ketones is 1. The summed E-state index contributed by atoms with van der Waals surface area (Å²) in [6.45, 7) is 0.968. The first kappa shape index (κ1) is 15.2. The summed E-state index contributed by atoms with van der Waals surface area (Å²) in [5, 5.41) is 3.50. The molecule has 5 heteroatoms. The van der Waals surface area contributed by atoms with Crippen LogP contribution in [0, 0.1) is 0 Å². The van der Waals surface area contributed by atoms with E-state index in [1.807, 2.05) is 12.1 Å². The molecule has 1 N–H and O–H groups in total. The van der Waals surface area contributed by atoms with E-state index in [4.69, 9.17) is 4.74 Å². The van der Waals surface area contributed by atoms with E-state index in [9.17, 15) is 4.79 Å². The van der Waals surface area contributed by atoms with Crippen LogP contribution in [0.5, 0.6) is 0 Å². The number of hydrogen-bond acceptors (Lipinski definition) is 5. The standard InChI is InChI=1S/C20H21N3O2/c24-18(15-9-22-20(23-10-15)14-5-6-14)7-12-1-3-13(4-2-12)19-17-8-16(25-19)11-21-17/h1-4,9-10,14,16-17,19,21H,5-8,11H2/t16-,17-,19+/m0/s1. The molecule has 2 aliphatic heterocycles. The predicted octanol–water partition coefficient (Wildman–Crippen LogP) is 2.58. The van der Waals surface area contributed by atoms with Gasteiger partial charge in [-0.25, -0.2) is 9.97 Å². The molecule has 2 saturated heterocycles. The van der Waals surface area contributed by atoms with Crippen LogP contribution in [0.1, 0.15) is 58.6 Å². The number of Topliss-reactive ketones (excluding diaryl/α,β-unsaturated/α-hetero) is 1. The molecule has 2 bridgehead atoms. The number of rotatable bonds is 5. The monoisotopic (exact) mass is 335 g/mol. The van der Waals surface area contributed by atoms with Crippen molar-refractivity contribution < 1.29 is 9.53 Å². The van der Waals surface area contributed by atoms with Crippen molar-refractivity contribution in [3.8, 4) is 0 Å². The third kappa shape index (κ3) is 2.98. The second-order valence-electron chi connectivity index (χ2n) is 7.37. The number of nitrogens with zero attached hydrogens (tertiary/aromatic N) is 2. The summed E-state index contributed by atoms with van der Waals surface area (Å²) in [4.78, 5) is 21.1. The highest BCUT2D eigenvalue weighted by atomic mass is 16.5. The van der Waals surface area contributed by atoms with Gasteiger partial charge in [0, 0.05) is 37.3 Å². The first-order chi connectivity index (χ1) is 12.3. The van der Waals surface area contributed by atoms with Crippen LogP contribution in [0.2, 0.25) is 0 Å². The number of morpholine rings is 1. The van der Waals surface area contributed by atoms with Gasteiger partial charge in [0.15, 0.2) is 5.78 Å². The lowest BCUT2D eigenvalue weighted by molar-refractivity contribution is 0.0160. The molecular weight excluding hydrogens is 314 g/mol. The molecule has 0 unspecified atom stereocenters. The van der Waals surface area contributed by atoms with Gasteiger partial charge < -0.3 is 10.1 Å². The Hall–Kier alpha value is -2.11. The molecule has 3 atom stereocenters. The van der Waals surface area contributed by atoms with Crippen LogP contribution in [-0.2, 0) is 11.2 Å². The van der Waals surface area contributed by atoms with Gasteiger partial charge in [-0.05, 0) is 30.4 Å². The average molecular weight is 335 g/mol. The zero-order valence-electron chi connectivity index (χ0n) is 14.0. The summed E-state index contributed by atoms with van der Waals surface area (Å²) in [5.74, 6) is 1.45. The average Bonchev–Trinajstić information content (AvgIpc) is 3.29. The Morgan fingerprint density at radius 1 is 1.16 bits per heavy atom. The number of hydrogen-bond donors (Lipinski definition) is 1. The van der Waals surface area contributed by atoms with E-state index in [-0.39, 0.29) is 11.9 Å². The molecule has 25 heavy (non-hydrogen) atoms. The minimum Gasteiger partial charge on any atom is -0.367 e. The van der Waals surface area contributed by atoms with Crippen LogP contribution < -0.4 is 5.32 Å². The van der Waals surface area contributed by atoms with Crippen LogP contribution >= 0.6 is 0 Å². The molecule has 3 aliphatic rings. The number of ether oxygens (including phenoxy) is 1. The molecule has 0 spiro atoms. The zero-order chi connectivity index (χ0) is 16.8. The number of benzene rings is 1. The molecule has 3 heterocycles. The van der Waals surface area contributed by atoms with Crippen molar-refractivity contribution in [1.82, 2.24) is 15.3 Å². The topological polar surface area (TPSA) is 64.1 Å². The molecule has 1 aromatic carbocycles. The van der Waals surface area contributed by atoms with Crippen LogP contribution in [0.25, 0.3) is 0 Å². The Morgan fingerprint density at radius 3 is 2.52 bits per heavy atom. The van der Waals surface area contributed by atoms with E-state index >= 15 is 0 Å². The Morgan fingerprint density at radius 2 is 1.92 bits per heavy atom. The summed E-state index contributed by atoms with van der Waals surface area (Å²) in [7, 11) is 0. The van der Waals surface area contributed by atoms with Crippen LogP contribution in [0.15, 0.2) is 36.7 Å². The zero-order valence-corrected chi connectivity index (χ0v) is 14.0. The number of nitrogens with one attached hydrogen (secondary N) is 1. The van der Waals surface area contributed by atoms with Gasteiger partial charge in [-0.1, -0.05) is 24.3 Å². The molecule has 3 fully saturated rings. The second kappa shape index (κ2) is 6.00. The van der Waals surface area contributed by atoms with Gasteiger partial charge >= 0.3 is 0 Å². The maximum atomic E-state index is 12.4. The molecule has 1 aromatic heterocycles. The predicted molar refractivity (Wildman–Crippen MR) is 92.5 cm³/mol. The Labute approximate surface area is 146 Å². The van der Waals surface area contributed by atoms with Crippen molar-refractivity contribution in [2.75, 3.05) is 6.54 Å². The first-order valence-electron chi connectivity index (χ1n) is 9.09. The van der Waals surface area contributed by atoms with E-state index in [0.29, 0.717) is 30.0 Å².